The van der Waals surface area contributed by atoms with Crippen LogP contribution >= 0.6 is 0 Å². The van der Waals surface area contributed by atoms with Crippen LogP contribution in [0.4, 0.5) is 10.1 Å². The van der Waals surface area contributed by atoms with E-state index in [2.05, 4.69) is 15.3 Å². The number of Topliss-reactive ketones (excluding diaryl/α,β-unsaturated/α-hetero) is 1. The van der Waals surface area contributed by atoms with Gasteiger partial charge in [-0.3, -0.25) is 4.79 Å². The molecule has 0 spiro atoms. The molecule has 0 amide bonds. The van der Waals surface area contributed by atoms with Gasteiger partial charge in [0.25, 0.3) is 0 Å². The summed E-state index contributed by atoms with van der Waals surface area (Å²) in [5.41, 5.74) is 5.14. The lowest BCUT2D eigenvalue weighted by atomic mass is 9.95. The van der Waals surface area contributed by atoms with Crippen molar-refractivity contribution < 1.29 is 9.18 Å². The first-order valence-corrected chi connectivity index (χ1v) is 12.2. The Morgan fingerprint density at radius 3 is 2.58 bits per heavy atom. The van der Waals surface area contributed by atoms with Crippen LogP contribution in [0, 0.1) is 25.2 Å². The summed E-state index contributed by atoms with van der Waals surface area (Å²) in [6, 6.07) is 23.3. The second-order valence-electron chi connectivity index (χ2n) is 9.40. The topological polar surface area (TPSA) is 51.3 Å². The number of benzene rings is 3. The van der Waals surface area contributed by atoms with Gasteiger partial charge in [0.15, 0.2) is 11.5 Å². The third kappa shape index (κ3) is 5.42. The highest BCUT2D eigenvalue weighted by atomic mass is 19.1. The highest BCUT2D eigenvalue weighted by Crippen LogP contribution is 2.31. The average molecular weight is 479 g/mol. The Labute approximate surface area is 210 Å². The largest absolute Gasteiger partial charge is 0.306 e. The first-order valence-electron chi connectivity index (χ1n) is 12.2. The van der Waals surface area contributed by atoms with Crippen LogP contribution in [0.1, 0.15) is 51.8 Å². The maximum absolute atomic E-state index is 14.0. The number of nitrogens with zero attached hydrogens (tertiary/aromatic N) is 3. The molecule has 1 aliphatic rings. The maximum atomic E-state index is 14.0. The van der Waals surface area contributed by atoms with Gasteiger partial charge in [-0.2, -0.15) is 5.10 Å². The van der Waals surface area contributed by atoms with E-state index < -0.39 is 0 Å². The number of halogens is 1. The van der Waals surface area contributed by atoms with E-state index in [9.17, 15) is 9.18 Å². The smallest absolute Gasteiger partial charge is 0.189 e. The van der Waals surface area contributed by atoms with Gasteiger partial charge in [-0.05, 0) is 79.3 Å². The molecule has 1 aromatic heterocycles. The molecule has 1 fully saturated rings. The van der Waals surface area contributed by atoms with Gasteiger partial charge in [0.05, 0.1) is 24.0 Å². The Bertz CT molecular complexity index is 1450. The lowest BCUT2D eigenvalue weighted by Crippen LogP contribution is -2.25. The zero-order chi connectivity index (χ0) is 25.1. The number of ketones is 1. The van der Waals surface area contributed by atoms with Gasteiger partial charge < -0.3 is 5.32 Å². The molecule has 4 aromatic rings. The summed E-state index contributed by atoms with van der Waals surface area (Å²) in [7, 11) is 0. The van der Waals surface area contributed by atoms with Crippen molar-refractivity contribution in [3.63, 3.8) is 0 Å². The van der Waals surface area contributed by atoms with Crippen LogP contribution < -0.4 is 5.32 Å². The Balaban J connectivity index is 1.41. The third-order valence-electron chi connectivity index (χ3n) is 6.46. The number of carbonyl (C=O) groups is 1. The summed E-state index contributed by atoms with van der Waals surface area (Å²) in [4.78, 5) is 16.9. The van der Waals surface area contributed by atoms with Crippen LogP contribution in [-0.2, 0) is 6.42 Å². The molecule has 1 heterocycles. The van der Waals surface area contributed by atoms with Gasteiger partial charge in [0.1, 0.15) is 11.5 Å². The maximum Gasteiger partial charge on any atom is 0.189 e. The fourth-order valence-corrected chi connectivity index (χ4v) is 4.47. The summed E-state index contributed by atoms with van der Waals surface area (Å²) in [5, 5.41) is 8.12. The van der Waals surface area contributed by atoms with Gasteiger partial charge in [-0.15, -0.1) is 0 Å². The summed E-state index contributed by atoms with van der Waals surface area (Å²) in [5.74, 6) is 0.355. The lowest BCUT2D eigenvalue weighted by Gasteiger charge is -2.21. The van der Waals surface area contributed by atoms with Crippen molar-refractivity contribution in [1.29, 1.82) is 0 Å². The van der Waals surface area contributed by atoms with Gasteiger partial charge in [-0.25, -0.2) is 13.9 Å². The molecule has 3 aromatic carbocycles. The standard InChI is InChI=1S/C30H27FN4O/c1-20-14-28(35(34-20)27-11-5-10-26(18-27)32-2)29(36)16-22-6-3-7-23(15-22)30(33-19-21-12-13-21)24-8-4-9-25(31)17-24/h3-11,14-15,17-18,21,30,33H,12-13,16,19H2,1H3. The molecule has 0 radical (unpaired) electrons. The lowest BCUT2D eigenvalue weighted by molar-refractivity contribution is 0.0985. The van der Waals surface area contributed by atoms with Crippen LogP contribution in [0.5, 0.6) is 0 Å². The van der Waals surface area contributed by atoms with Crippen LogP contribution in [0.2, 0.25) is 0 Å². The predicted octanol–water partition coefficient (Wildman–Crippen LogP) is 6.39. The minimum atomic E-state index is -0.261. The Morgan fingerprint density at radius 2 is 1.83 bits per heavy atom. The van der Waals surface area contributed by atoms with Crippen molar-refractivity contribution in [3.05, 3.63) is 124 Å². The number of hydrogen-bond acceptors (Lipinski definition) is 3. The first kappa shape index (κ1) is 23.7. The van der Waals surface area contributed by atoms with Crippen molar-refractivity contribution >= 4 is 11.5 Å². The fraction of sp³-hybridized carbons (Fsp3) is 0.233. The molecule has 6 heteroatoms. The molecule has 180 valence electrons. The van der Waals surface area contributed by atoms with Crippen LogP contribution in [-0.4, -0.2) is 22.1 Å². The van der Waals surface area contributed by atoms with Crippen molar-refractivity contribution in [2.75, 3.05) is 6.54 Å². The highest BCUT2D eigenvalue weighted by Gasteiger charge is 2.24. The van der Waals surface area contributed by atoms with Gasteiger partial charge >= 0.3 is 0 Å². The summed E-state index contributed by atoms with van der Waals surface area (Å²) in [6.07, 6.45) is 2.66. The molecule has 1 unspecified atom stereocenters. The monoisotopic (exact) mass is 478 g/mol. The second-order valence-corrected chi connectivity index (χ2v) is 9.40. The minimum absolute atomic E-state index is 0.0609. The van der Waals surface area contributed by atoms with Crippen molar-refractivity contribution in [2.24, 2.45) is 5.92 Å². The minimum Gasteiger partial charge on any atom is -0.306 e. The molecule has 0 aliphatic heterocycles. The average Bonchev–Trinajstić information content (AvgIpc) is 3.63. The molecular weight excluding hydrogens is 451 g/mol. The van der Waals surface area contributed by atoms with Crippen LogP contribution in [0.15, 0.2) is 78.9 Å². The van der Waals surface area contributed by atoms with E-state index in [0.29, 0.717) is 23.0 Å². The van der Waals surface area contributed by atoms with E-state index in [1.165, 1.54) is 18.9 Å². The normalized spacial score (nSPS) is 13.8. The van der Waals surface area contributed by atoms with E-state index in [4.69, 9.17) is 6.57 Å². The SMILES string of the molecule is [C-]#[N+]c1cccc(-n2nc(C)cc2C(=O)Cc2cccc(C(NCC3CC3)c3cccc(F)c3)c2)c1. The number of carbonyl (C=O) groups excluding carboxylic acids is 1. The zero-order valence-electron chi connectivity index (χ0n) is 20.1. The Hall–Kier alpha value is -4.08. The van der Waals surface area contributed by atoms with Gasteiger partial charge in [-0.1, -0.05) is 48.5 Å². The molecule has 1 saturated carbocycles. The molecule has 1 aliphatic carbocycles. The van der Waals surface area contributed by atoms with E-state index in [1.54, 1.807) is 41.1 Å². The molecule has 0 saturated heterocycles. The van der Waals surface area contributed by atoms with Gasteiger partial charge in [0.2, 0.25) is 0 Å². The van der Waals surface area contributed by atoms with E-state index >= 15 is 0 Å². The second kappa shape index (κ2) is 10.3. The third-order valence-corrected chi connectivity index (χ3v) is 6.46. The molecule has 36 heavy (non-hydrogen) atoms. The molecule has 5 rings (SSSR count). The number of hydrogen-bond donors (Lipinski definition) is 1. The predicted molar refractivity (Wildman–Crippen MR) is 138 cm³/mol. The van der Waals surface area contributed by atoms with Crippen LogP contribution in [0.3, 0.4) is 0 Å². The zero-order valence-corrected chi connectivity index (χ0v) is 20.1. The molecule has 1 atom stereocenters. The number of nitrogens with one attached hydrogen (secondary N) is 1. The quantitative estimate of drug-likeness (QED) is 0.224. The highest BCUT2D eigenvalue weighted by molar-refractivity contribution is 5.96. The molecule has 0 bridgehead atoms. The number of rotatable bonds is 9. The fourth-order valence-electron chi connectivity index (χ4n) is 4.47. The number of aryl methyl sites for hydroxylation is 1. The summed E-state index contributed by atoms with van der Waals surface area (Å²) in [6.45, 7) is 10.0. The molecule has 5 nitrogen and oxygen atoms in total. The van der Waals surface area contributed by atoms with Crippen molar-refractivity contribution in [2.45, 2.75) is 32.2 Å². The number of aromatic nitrogens is 2. The van der Waals surface area contributed by atoms with Gasteiger partial charge in [0, 0.05) is 6.42 Å². The Morgan fingerprint density at radius 1 is 1.08 bits per heavy atom. The Kier molecular flexibility index (Phi) is 6.75. The summed E-state index contributed by atoms with van der Waals surface area (Å²) >= 11 is 0. The first-order chi connectivity index (χ1) is 17.5. The van der Waals surface area contributed by atoms with E-state index in [-0.39, 0.29) is 24.1 Å². The summed E-state index contributed by atoms with van der Waals surface area (Å²) < 4.78 is 15.6. The van der Waals surface area contributed by atoms with Crippen LogP contribution in [0.25, 0.3) is 10.5 Å². The van der Waals surface area contributed by atoms with Crippen molar-refractivity contribution in [3.8, 4) is 5.69 Å². The molecular formula is C30H27FN4O. The van der Waals surface area contributed by atoms with Crippen molar-refractivity contribution in [1.82, 2.24) is 15.1 Å². The molecule has 1 N–H and O–H groups in total. The van der Waals surface area contributed by atoms with E-state index in [0.717, 1.165) is 28.9 Å². The van der Waals surface area contributed by atoms with E-state index in [1.807, 2.05) is 43.3 Å².